The maximum absolute atomic E-state index is 4.28. The highest BCUT2D eigenvalue weighted by atomic mass is 15.1. The van der Waals surface area contributed by atoms with Crippen LogP contribution in [0.5, 0.6) is 0 Å². The second-order valence-electron chi connectivity index (χ2n) is 7.89. The van der Waals surface area contributed by atoms with E-state index >= 15 is 0 Å². The van der Waals surface area contributed by atoms with Crippen molar-refractivity contribution in [1.29, 1.82) is 0 Å². The summed E-state index contributed by atoms with van der Waals surface area (Å²) in [5, 5.41) is 3.51. The Hall–Kier alpha value is -2.57. The molecule has 1 fully saturated rings. The molecule has 1 saturated heterocycles. The highest BCUT2D eigenvalue weighted by molar-refractivity contribution is 5.63. The monoisotopic (exact) mass is 387 g/mol. The number of hydrogen-bond donors (Lipinski definition) is 1. The summed E-state index contributed by atoms with van der Waals surface area (Å²) < 4.78 is 0. The number of hydrogen-bond acceptors (Lipinski definition) is 3. The van der Waals surface area contributed by atoms with E-state index < -0.39 is 0 Å². The first-order valence-corrected chi connectivity index (χ1v) is 10.8. The van der Waals surface area contributed by atoms with Gasteiger partial charge in [0.05, 0.1) is 0 Å². The molecule has 3 heteroatoms. The van der Waals surface area contributed by atoms with Gasteiger partial charge in [0.25, 0.3) is 0 Å². The first-order valence-electron chi connectivity index (χ1n) is 10.8. The molecule has 0 radical (unpaired) electrons. The van der Waals surface area contributed by atoms with Gasteiger partial charge < -0.3 is 10.2 Å². The number of benzene rings is 1. The fourth-order valence-corrected chi connectivity index (χ4v) is 3.84. The third kappa shape index (κ3) is 6.21. The zero-order valence-corrected chi connectivity index (χ0v) is 17.9. The highest BCUT2D eigenvalue weighted by Crippen LogP contribution is 2.18. The fourth-order valence-electron chi connectivity index (χ4n) is 3.84. The zero-order valence-electron chi connectivity index (χ0n) is 17.9. The van der Waals surface area contributed by atoms with Gasteiger partial charge in [0.15, 0.2) is 0 Å². The molecular formula is C26H33N3. The lowest BCUT2D eigenvalue weighted by Gasteiger charge is -2.30. The standard InChI is InChI=1S/C26H33N3/c1-4-7-25-12-15-27-20-26(25)22(3)28-16-19-29-17-13-23(14-18-29)10-11-24-9-6-5-8-21(24)2/h5-6,8-9,12,15,20,23,28H,3-4,7,13-14,16-19H2,1-2H3. The summed E-state index contributed by atoms with van der Waals surface area (Å²) in [6, 6.07) is 10.5. The lowest BCUT2D eigenvalue weighted by atomic mass is 9.96. The molecular weight excluding hydrogens is 354 g/mol. The predicted molar refractivity (Wildman–Crippen MR) is 122 cm³/mol. The van der Waals surface area contributed by atoms with Crippen molar-refractivity contribution in [3.8, 4) is 11.8 Å². The first-order chi connectivity index (χ1) is 14.2. The van der Waals surface area contributed by atoms with Crippen LogP contribution in [0.2, 0.25) is 0 Å². The molecule has 0 aliphatic carbocycles. The van der Waals surface area contributed by atoms with Gasteiger partial charge in [0.2, 0.25) is 0 Å². The van der Waals surface area contributed by atoms with E-state index in [4.69, 9.17) is 0 Å². The summed E-state index contributed by atoms with van der Waals surface area (Å²) in [5.41, 5.74) is 5.89. The topological polar surface area (TPSA) is 28.2 Å². The first kappa shape index (κ1) is 21.1. The molecule has 3 rings (SSSR count). The summed E-state index contributed by atoms with van der Waals surface area (Å²) >= 11 is 0. The summed E-state index contributed by atoms with van der Waals surface area (Å²) in [5.74, 6) is 7.41. The van der Waals surface area contributed by atoms with Crippen LogP contribution < -0.4 is 5.32 Å². The van der Waals surface area contributed by atoms with Crippen LogP contribution in [0.1, 0.15) is 48.4 Å². The van der Waals surface area contributed by atoms with Crippen molar-refractivity contribution in [3.63, 3.8) is 0 Å². The smallest absolute Gasteiger partial charge is 0.0363 e. The molecule has 152 valence electrons. The van der Waals surface area contributed by atoms with Crippen LogP contribution in [0.4, 0.5) is 0 Å². The van der Waals surface area contributed by atoms with Crippen LogP contribution in [0, 0.1) is 24.7 Å². The van der Waals surface area contributed by atoms with Crippen LogP contribution >= 0.6 is 0 Å². The van der Waals surface area contributed by atoms with E-state index in [-0.39, 0.29) is 0 Å². The normalized spacial score (nSPS) is 14.8. The molecule has 0 unspecified atom stereocenters. The SMILES string of the molecule is C=C(NCCN1CCC(C#Cc2ccccc2C)CC1)c1cnccc1CCC. The maximum atomic E-state index is 4.28. The molecule has 2 aromatic rings. The number of nitrogens with one attached hydrogen (secondary N) is 1. The Balaban J connectivity index is 1.42. The number of likely N-dealkylation sites (tertiary alicyclic amines) is 1. The van der Waals surface area contributed by atoms with Gasteiger partial charge in [-0.3, -0.25) is 4.98 Å². The molecule has 0 bridgehead atoms. The van der Waals surface area contributed by atoms with Gasteiger partial charge in [-0.25, -0.2) is 0 Å². The molecule has 1 aliphatic heterocycles. The van der Waals surface area contributed by atoms with Gasteiger partial charge in [-0.15, -0.1) is 0 Å². The number of pyridine rings is 1. The molecule has 0 saturated carbocycles. The molecule has 29 heavy (non-hydrogen) atoms. The molecule has 1 aliphatic rings. The minimum Gasteiger partial charge on any atom is -0.384 e. The molecule has 0 amide bonds. The van der Waals surface area contributed by atoms with Crippen molar-refractivity contribution < 1.29 is 0 Å². The molecule has 0 atom stereocenters. The van der Waals surface area contributed by atoms with Crippen molar-refractivity contribution >= 4 is 5.70 Å². The van der Waals surface area contributed by atoms with E-state index in [2.05, 4.69) is 77.8 Å². The van der Waals surface area contributed by atoms with E-state index in [0.29, 0.717) is 5.92 Å². The van der Waals surface area contributed by atoms with Crippen molar-refractivity contribution in [2.24, 2.45) is 5.92 Å². The van der Waals surface area contributed by atoms with E-state index in [1.807, 2.05) is 12.4 Å². The number of nitrogens with zero attached hydrogens (tertiary/aromatic N) is 2. The summed E-state index contributed by atoms with van der Waals surface area (Å²) in [4.78, 5) is 6.81. The molecule has 1 aromatic carbocycles. The average Bonchev–Trinajstić information content (AvgIpc) is 2.75. The van der Waals surface area contributed by atoms with Crippen LogP contribution in [-0.4, -0.2) is 36.1 Å². The quantitative estimate of drug-likeness (QED) is 0.700. The molecule has 3 nitrogen and oxygen atoms in total. The minimum absolute atomic E-state index is 0.515. The summed E-state index contributed by atoms with van der Waals surface area (Å²) in [6.07, 6.45) is 8.31. The molecule has 2 heterocycles. The Labute approximate surface area is 176 Å². The Bertz CT molecular complexity index is 867. The van der Waals surface area contributed by atoms with Crippen LogP contribution in [0.25, 0.3) is 5.70 Å². The van der Waals surface area contributed by atoms with E-state index in [1.165, 1.54) is 11.1 Å². The fraction of sp³-hybridized carbons (Fsp3) is 0.423. The average molecular weight is 388 g/mol. The highest BCUT2D eigenvalue weighted by Gasteiger charge is 2.17. The summed E-state index contributed by atoms with van der Waals surface area (Å²) in [7, 11) is 0. The van der Waals surface area contributed by atoms with Crippen LogP contribution in [0.3, 0.4) is 0 Å². The number of piperidine rings is 1. The second-order valence-corrected chi connectivity index (χ2v) is 7.89. The third-order valence-corrected chi connectivity index (χ3v) is 5.67. The predicted octanol–water partition coefficient (Wildman–Crippen LogP) is 4.67. The maximum Gasteiger partial charge on any atom is 0.0363 e. The third-order valence-electron chi connectivity index (χ3n) is 5.67. The van der Waals surface area contributed by atoms with Crippen LogP contribution in [-0.2, 0) is 6.42 Å². The van der Waals surface area contributed by atoms with Gasteiger partial charge >= 0.3 is 0 Å². The Morgan fingerprint density at radius 3 is 2.79 bits per heavy atom. The van der Waals surface area contributed by atoms with Gasteiger partial charge in [-0.1, -0.05) is 50.0 Å². The molecule has 1 aromatic heterocycles. The number of rotatable bonds is 7. The molecule has 1 N–H and O–H groups in total. The van der Waals surface area contributed by atoms with Crippen molar-refractivity contribution in [2.75, 3.05) is 26.2 Å². The Kier molecular flexibility index (Phi) is 7.90. The lowest BCUT2D eigenvalue weighted by Crippen LogP contribution is -2.37. The lowest BCUT2D eigenvalue weighted by molar-refractivity contribution is 0.209. The van der Waals surface area contributed by atoms with Gasteiger partial charge in [0, 0.05) is 48.2 Å². The van der Waals surface area contributed by atoms with Crippen molar-refractivity contribution in [1.82, 2.24) is 15.2 Å². The largest absolute Gasteiger partial charge is 0.384 e. The van der Waals surface area contributed by atoms with E-state index in [9.17, 15) is 0 Å². The van der Waals surface area contributed by atoms with Crippen LogP contribution in [0.15, 0.2) is 49.3 Å². The second kappa shape index (κ2) is 10.8. The van der Waals surface area contributed by atoms with Gasteiger partial charge in [0.1, 0.15) is 0 Å². The van der Waals surface area contributed by atoms with Crippen molar-refractivity contribution in [3.05, 3.63) is 71.6 Å². The number of aryl methyl sites for hydroxylation is 2. The van der Waals surface area contributed by atoms with E-state index in [1.54, 1.807) is 0 Å². The summed E-state index contributed by atoms with van der Waals surface area (Å²) in [6.45, 7) is 12.8. The Morgan fingerprint density at radius 2 is 2.03 bits per heavy atom. The molecule has 0 spiro atoms. The Morgan fingerprint density at radius 1 is 1.24 bits per heavy atom. The van der Waals surface area contributed by atoms with Gasteiger partial charge in [-0.2, -0.15) is 0 Å². The van der Waals surface area contributed by atoms with Crippen molar-refractivity contribution in [2.45, 2.75) is 39.5 Å². The van der Waals surface area contributed by atoms with Gasteiger partial charge in [-0.05, 0) is 62.5 Å². The van der Waals surface area contributed by atoms with E-state index in [0.717, 1.165) is 68.7 Å². The number of aromatic nitrogens is 1. The zero-order chi connectivity index (χ0) is 20.5. The minimum atomic E-state index is 0.515.